The monoisotopic (exact) mass is 290 g/mol. The summed E-state index contributed by atoms with van der Waals surface area (Å²) in [7, 11) is 0. The van der Waals surface area contributed by atoms with Gasteiger partial charge in [-0.15, -0.1) is 0 Å². The Kier molecular flexibility index (Phi) is 4.45. The number of halogens is 1. The van der Waals surface area contributed by atoms with Crippen LogP contribution in [0.4, 0.5) is 11.5 Å². The lowest BCUT2D eigenvalue weighted by Gasteiger charge is -2.11. The number of benzene rings is 1. The largest absolute Gasteiger partial charge is 0.394 e. The van der Waals surface area contributed by atoms with Crippen molar-refractivity contribution in [3.8, 4) is 0 Å². The number of nitrogens with zero attached hydrogens (tertiary/aromatic N) is 2. The molecule has 1 aromatic carbocycles. The number of aryl methyl sites for hydroxylation is 1. The Morgan fingerprint density at radius 3 is 2.45 bits per heavy atom. The zero-order valence-corrected chi connectivity index (χ0v) is 12.7. The van der Waals surface area contributed by atoms with Crippen LogP contribution in [0.2, 0.25) is 5.28 Å². The summed E-state index contributed by atoms with van der Waals surface area (Å²) >= 11 is 5.84. The SMILES string of the molecule is Cc1nc(Cl)nc(NCc2ccc(C(C)C)cc2)c1N. The molecule has 3 N–H and O–H groups in total. The van der Waals surface area contributed by atoms with E-state index in [0.29, 0.717) is 29.7 Å². The lowest BCUT2D eigenvalue weighted by Crippen LogP contribution is -2.07. The van der Waals surface area contributed by atoms with Crippen LogP contribution in [0.25, 0.3) is 0 Å². The lowest BCUT2D eigenvalue weighted by atomic mass is 10.0. The van der Waals surface area contributed by atoms with E-state index in [9.17, 15) is 0 Å². The number of anilines is 2. The molecule has 1 aromatic heterocycles. The van der Waals surface area contributed by atoms with E-state index in [4.69, 9.17) is 17.3 Å². The molecule has 2 aromatic rings. The Bertz CT molecular complexity index is 594. The summed E-state index contributed by atoms with van der Waals surface area (Å²) < 4.78 is 0. The van der Waals surface area contributed by atoms with Crippen molar-refractivity contribution in [2.24, 2.45) is 0 Å². The summed E-state index contributed by atoms with van der Waals surface area (Å²) in [5.41, 5.74) is 9.65. The van der Waals surface area contributed by atoms with Crippen molar-refractivity contribution in [3.63, 3.8) is 0 Å². The van der Waals surface area contributed by atoms with Gasteiger partial charge in [-0.05, 0) is 35.6 Å². The highest BCUT2D eigenvalue weighted by atomic mass is 35.5. The van der Waals surface area contributed by atoms with Gasteiger partial charge in [0.15, 0.2) is 5.82 Å². The first-order valence-electron chi connectivity index (χ1n) is 6.59. The summed E-state index contributed by atoms with van der Waals surface area (Å²) in [5.74, 6) is 1.12. The minimum Gasteiger partial charge on any atom is -0.394 e. The van der Waals surface area contributed by atoms with Crippen molar-refractivity contribution in [1.82, 2.24) is 9.97 Å². The number of rotatable bonds is 4. The first-order valence-corrected chi connectivity index (χ1v) is 6.97. The van der Waals surface area contributed by atoms with Crippen LogP contribution in [0, 0.1) is 6.92 Å². The highest BCUT2D eigenvalue weighted by Crippen LogP contribution is 2.21. The molecule has 0 amide bonds. The fraction of sp³-hybridized carbons (Fsp3) is 0.333. The number of nitrogens with two attached hydrogens (primary N) is 1. The quantitative estimate of drug-likeness (QED) is 0.842. The maximum absolute atomic E-state index is 5.93. The molecule has 0 spiro atoms. The van der Waals surface area contributed by atoms with Crippen LogP contribution in [0.3, 0.4) is 0 Å². The smallest absolute Gasteiger partial charge is 0.224 e. The molecule has 106 valence electrons. The molecule has 0 saturated heterocycles. The van der Waals surface area contributed by atoms with Crippen LogP contribution < -0.4 is 11.1 Å². The third kappa shape index (κ3) is 3.39. The fourth-order valence-corrected chi connectivity index (χ4v) is 2.10. The summed E-state index contributed by atoms with van der Waals surface area (Å²) in [6.45, 7) is 6.82. The van der Waals surface area contributed by atoms with Crippen LogP contribution in [0.15, 0.2) is 24.3 Å². The lowest BCUT2D eigenvalue weighted by molar-refractivity contribution is 0.865. The van der Waals surface area contributed by atoms with E-state index < -0.39 is 0 Å². The predicted molar refractivity (Wildman–Crippen MR) is 84.0 cm³/mol. The molecule has 0 aliphatic carbocycles. The zero-order chi connectivity index (χ0) is 14.7. The second-order valence-corrected chi connectivity index (χ2v) is 5.43. The Labute approximate surface area is 124 Å². The molecule has 0 aliphatic heterocycles. The summed E-state index contributed by atoms with van der Waals surface area (Å²) in [4.78, 5) is 8.12. The van der Waals surface area contributed by atoms with Crippen LogP contribution >= 0.6 is 11.6 Å². The second kappa shape index (κ2) is 6.09. The Balaban J connectivity index is 2.09. The normalized spacial score (nSPS) is 10.8. The van der Waals surface area contributed by atoms with Crippen LogP contribution in [0.5, 0.6) is 0 Å². The predicted octanol–water partition coefficient (Wildman–Crippen LogP) is 3.76. The van der Waals surface area contributed by atoms with Gasteiger partial charge in [0, 0.05) is 6.54 Å². The third-order valence-corrected chi connectivity index (χ3v) is 3.38. The minimum absolute atomic E-state index is 0.203. The third-order valence-electron chi connectivity index (χ3n) is 3.22. The Hall–Kier alpha value is -1.81. The van der Waals surface area contributed by atoms with Gasteiger partial charge < -0.3 is 11.1 Å². The standard InChI is InChI=1S/C15H19ClN4/c1-9(2)12-6-4-11(5-7-12)8-18-14-13(17)10(3)19-15(16)20-14/h4-7,9H,8,17H2,1-3H3,(H,18,19,20). The number of hydrogen-bond acceptors (Lipinski definition) is 4. The summed E-state index contributed by atoms with van der Waals surface area (Å²) in [5, 5.41) is 3.40. The van der Waals surface area contributed by atoms with E-state index in [1.165, 1.54) is 11.1 Å². The molecule has 0 atom stereocenters. The van der Waals surface area contributed by atoms with Crippen LogP contribution in [-0.2, 0) is 6.54 Å². The van der Waals surface area contributed by atoms with Crippen molar-refractivity contribution in [2.45, 2.75) is 33.2 Å². The molecular formula is C15H19ClN4. The average Bonchev–Trinajstić information content (AvgIpc) is 2.41. The Morgan fingerprint density at radius 2 is 1.85 bits per heavy atom. The molecule has 0 fully saturated rings. The molecular weight excluding hydrogens is 272 g/mol. The molecule has 0 unspecified atom stereocenters. The summed E-state index contributed by atoms with van der Waals surface area (Å²) in [6.07, 6.45) is 0. The van der Waals surface area contributed by atoms with Gasteiger partial charge in [0.2, 0.25) is 5.28 Å². The van der Waals surface area contributed by atoms with Gasteiger partial charge in [-0.3, -0.25) is 0 Å². The van der Waals surface area contributed by atoms with Crippen molar-refractivity contribution < 1.29 is 0 Å². The highest BCUT2D eigenvalue weighted by molar-refractivity contribution is 6.28. The molecule has 1 heterocycles. The first kappa shape index (κ1) is 14.6. The van der Waals surface area contributed by atoms with E-state index in [2.05, 4.69) is 53.4 Å². The number of hydrogen-bond donors (Lipinski definition) is 2. The highest BCUT2D eigenvalue weighted by Gasteiger charge is 2.07. The molecule has 0 radical (unpaired) electrons. The van der Waals surface area contributed by atoms with Crippen LogP contribution in [-0.4, -0.2) is 9.97 Å². The van der Waals surface area contributed by atoms with E-state index in [-0.39, 0.29) is 5.28 Å². The Morgan fingerprint density at radius 1 is 1.20 bits per heavy atom. The fourth-order valence-electron chi connectivity index (χ4n) is 1.89. The van der Waals surface area contributed by atoms with Crippen LogP contribution in [0.1, 0.15) is 36.6 Å². The second-order valence-electron chi connectivity index (χ2n) is 5.09. The molecule has 2 rings (SSSR count). The summed E-state index contributed by atoms with van der Waals surface area (Å²) in [6, 6.07) is 8.49. The van der Waals surface area contributed by atoms with Crippen molar-refractivity contribution in [1.29, 1.82) is 0 Å². The van der Waals surface area contributed by atoms with Gasteiger partial charge in [0.1, 0.15) is 0 Å². The molecule has 0 saturated carbocycles. The molecule has 5 heteroatoms. The minimum atomic E-state index is 0.203. The van der Waals surface area contributed by atoms with E-state index >= 15 is 0 Å². The van der Waals surface area contributed by atoms with Gasteiger partial charge >= 0.3 is 0 Å². The zero-order valence-electron chi connectivity index (χ0n) is 11.9. The molecule has 0 bridgehead atoms. The number of nitrogens with one attached hydrogen (secondary N) is 1. The van der Waals surface area contributed by atoms with Crippen molar-refractivity contribution in [3.05, 3.63) is 46.4 Å². The van der Waals surface area contributed by atoms with E-state index in [0.717, 1.165) is 0 Å². The first-order chi connectivity index (χ1) is 9.47. The number of nitrogen functional groups attached to an aromatic ring is 1. The topological polar surface area (TPSA) is 63.8 Å². The van der Waals surface area contributed by atoms with Crippen molar-refractivity contribution in [2.75, 3.05) is 11.1 Å². The van der Waals surface area contributed by atoms with Gasteiger partial charge in [-0.1, -0.05) is 38.1 Å². The van der Waals surface area contributed by atoms with E-state index in [1.54, 1.807) is 0 Å². The number of aromatic nitrogens is 2. The van der Waals surface area contributed by atoms with Gasteiger partial charge in [0.25, 0.3) is 0 Å². The van der Waals surface area contributed by atoms with Crippen molar-refractivity contribution >= 4 is 23.1 Å². The van der Waals surface area contributed by atoms with Gasteiger partial charge in [0.05, 0.1) is 11.4 Å². The molecule has 4 nitrogen and oxygen atoms in total. The average molecular weight is 291 g/mol. The molecule has 20 heavy (non-hydrogen) atoms. The maximum atomic E-state index is 5.93. The van der Waals surface area contributed by atoms with Gasteiger partial charge in [-0.2, -0.15) is 4.98 Å². The molecule has 0 aliphatic rings. The van der Waals surface area contributed by atoms with E-state index in [1.807, 2.05) is 6.92 Å². The maximum Gasteiger partial charge on any atom is 0.224 e. The van der Waals surface area contributed by atoms with Gasteiger partial charge in [-0.25, -0.2) is 4.98 Å².